The highest BCUT2D eigenvalue weighted by Crippen LogP contribution is 2.19. The van der Waals surface area contributed by atoms with Gasteiger partial charge in [0.1, 0.15) is 5.82 Å². The molecule has 0 spiro atoms. The second kappa shape index (κ2) is 9.83. The molecule has 0 aliphatic carbocycles. The van der Waals surface area contributed by atoms with Crippen LogP contribution in [0, 0.1) is 11.7 Å². The standard InChI is InChI=1S/C23H30FN3O2/c1-3-27(23(29)20-9-10-22(28)25(2)17-20)16-19-7-5-12-26(15-19)13-11-18-6-4-8-21(24)14-18/h4,6,8-10,14,17,19H,3,5,7,11-13,15-16H2,1-2H3/t19-/m0/s1. The van der Waals surface area contributed by atoms with E-state index in [-0.39, 0.29) is 17.3 Å². The van der Waals surface area contributed by atoms with Crippen LogP contribution >= 0.6 is 0 Å². The molecule has 1 aromatic carbocycles. The van der Waals surface area contributed by atoms with Gasteiger partial charge in [-0.05, 0) is 62.4 Å². The number of pyridine rings is 1. The summed E-state index contributed by atoms with van der Waals surface area (Å²) in [5.74, 6) is 0.210. The lowest BCUT2D eigenvalue weighted by Crippen LogP contribution is -2.43. The molecule has 0 bridgehead atoms. The summed E-state index contributed by atoms with van der Waals surface area (Å²) in [6.07, 6.45) is 4.66. The Bertz CT molecular complexity index is 896. The van der Waals surface area contributed by atoms with Crippen molar-refractivity contribution in [2.75, 3.05) is 32.7 Å². The fourth-order valence-corrected chi connectivity index (χ4v) is 4.05. The molecule has 1 aromatic heterocycles. The minimum atomic E-state index is -0.186. The molecular formula is C23H30FN3O2. The second-order valence-electron chi connectivity index (χ2n) is 7.90. The Morgan fingerprint density at radius 1 is 1.28 bits per heavy atom. The minimum absolute atomic E-state index is 0.0278. The van der Waals surface area contributed by atoms with Crippen molar-refractivity contribution < 1.29 is 9.18 Å². The molecule has 0 unspecified atom stereocenters. The summed E-state index contributed by atoms with van der Waals surface area (Å²) in [5.41, 5.74) is 1.45. The number of hydrogen-bond donors (Lipinski definition) is 0. The van der Waals surface area contributed by atoms with Gasteiger partial charge in [0.2, 0.25) is 5.56 Å². The molecule has 0 radical (unpaired) electrons. The molecular weight excluding hydrogens is 369 g/mol. The third-order valence-electron chi connectivity index (χ3n) is 5.69. The molecule has 156 valence electrons. The van der Waals surface area contributed by atoms with Gasteiger partial charge in [-0.2, -0.15) is 0 Å². The first-order chi connectivity index (χ1) is 14.0. The molecule has 5 nitrogen and oxygen atoms in total. The lowest BCUT2D eigenvalue weighted by atomic mass is 9.96. The number of hydrogen-bond acceptors (Lipinski definition) is 3. The fraction of sp³-hybridized carbons (Fsp3) is 0.478. The summed E-state index contributed by atoms with van der Waals surface area (Å²) in [4.78, 5) is 28.8. The maximum atomic E-state index is 13.4. The average Bonchev–Trinajstić information content (AvgIpc) is 2.72. The van der Waals surface area contributed by atoms with Crippen LogP contribution in [0.2, 0.25) is 0 Å². The minimum Gasteiger partial charge on any atom is -0.339 e. The molecule has 29 heavy (non-hydrogen) atoms. The number of piperidine rings is 1. The zero-order valence-corrected chi connectivity index (χ0v) is 17.3. The van der Waals surface area contributed by atoms with Crippen molar-refractivity contribution in [1.82, 2.24) is 14.4 Å². The lowest BCUT2D eigenvalue weighted by molar-refractivity contribution is 0.0690. The predicted octanol–water partition coefficient (Wildman–Crippen LogP) is 2.94. The number of rotatable bonds is 7. The van der Waals surface area contributed by atoms with Gasteiger partial charge in [-0.25, -0.2) is 4.39 Å². The van der Waals surface area contributed by atoms with Crippen LogP contribution in [0.15, 0.2) is 47.4 Å². The van der Waals surface area contributed by atoms with Crippen LogP contribution in [0.25, 0.3) is 0 Å². The van der Waals surface area contributed by atoms with E-state index >= 15 is 0 Å². The first-order valence-electron chi connectivity index (χ1n) is 10.4. The van der Waals surface area contributed by atoms with E-state index in [9.17, 15) is 14.0 Å². The first kappa shape index (κ1) is 21.2. The molecule has 1 aliphatic rings. The third kappa shape index (κ3) is 5.76. The number of carbonyl (C=O) groups excluding carboxylic acids is 1. The number of likely N-dealkylation sites (tertiary alicyclic amines) is 1. The molecule has 0 N–H and O–H groups in total. The summed E-state index contributed by atoms with van der Waals surface area (Å²) in [7, 11) is 1.66. The van der Waals surface area contributed by atoms with E-state index in [2.05, 4.69) is 4.90 Å². The number of nitrogens with zero attached hydrogens (tertiary/aromatic N) is 3. The Morgan fingerprint density at radius 2 is 2.10 bits per heavy atom. The molecule has 1 atom stereocenters. The molecule has 1 fully saturated rings. The van der Waals surface area contributed by atoms with Crippen molar-refractivity contribution >= 4 is 5.91 Å². The second-order valence-corrected chi connectivity index (χ2v) is 7.90. The van der Waals surface area contributed by atoms with Crippen LogP contribution in [-0.2, 0) is 13.5 Å². The van der Waals surface area contributed by atoms with Crippen molar-refractivity contribution in [2.45, 2.75) is 26.2 Å². The summed E-state index contributed by atoms with van der Waals surface area (Å²) < 4.78 is 14.8. The van der Waals surface area contributed by atoms with Gasteiger partial charge in [0.25, 0.3) is 5.91 Å². The Hall–Kier alpha value is -2.47. The van der Waals surface area contributed by atoms with E-state index in [0.29, 0.717) is 24.6 Å². The highest BCUT2D eigenvalue weighted by Gasteiger charge is 2.24. The molecule has 6 heteroatoms. The number of aryl methyl sites for hydroxylation is 1. The van der Waals surface area contributed by atoms with E-state index in [1.54, 1.807) is 31.4 Å². The van der Waals surface area contributed by atoms with Crippen LogP contribution in [0.5, 0.6) is 0 Å². The van der Waals surface area contributed by atoms with Crippen molar-refractivity contribution in [3.05, 3.63) is 69.9 Å². The van der Waals surface area contributed by atoms with Gasteiger partial charge < -0.3 is 14.4 Å². The average molecular weight is 400 g/mol. The Morgan fingerprint density at radius 3 is 2.83 bits per heavy atom. The smallest absolute Gasteiger partial charge is 0.255 e. The largest absolute Gasteiger partial charge is 0.339 e. The number of carbonyl (C=O) groups is 1. The summed E-state index contributed by atoms with van der Waals surface area (Å²) in [6.45, 7) is 6.25. The number of halogens is 1. The van der Waals surface area contributed by atoms with E-state index in [0.717, 1.165) is 44.5 Å². The molecule has 1 aliphatic heterocycles. The topological polar surface area (TPSA) is 45.6 Å². The maximum Gasteiger partial charge on any atom is 0.255 e. The highest BCUT2D eigenvalue weighted by atomic mass is 19.1. The van der Waals surface area contributed by atoms with Gasteiger partial charge in [-0.15, -0.1) is 0 Å². The molecule has 1 saturated heterocycles. The van der Waals surface area contributed by atoms with E-state index in [1.165, 1.54) is 16.7 Å². The van der Waals surface area contributed by atoms with E-state index in [1.807, 2.05) is 17.9 Å². The van der Waals surface area contributed by atoms with Crippen LogP contribution in [0.3, 0.4) is 0 Å². The first-order valence-corrected chi connectivity index (χ1v) is 10.4. The summed E-state index contributed by atoms with van der Waals surface area (Å²) in [6, 6.07) is 9.85. The zero-order chi connectivity index (χ0) is 20.8. The molecule has 2 aromatic rings. The van der Waals surface area contributed by atoms with Crippen LogP contribution in [0.4, 0.5) is 4.39 Å². The quantitative estimate of drug-likeness (QED) is 0.719. The number of benzene rings is 1. The Balaban J connectivity index is 1.56. The fourth-order valence-electron chi connectivity index (χ4n) is 4.05. The Kier molecular flexibility index (Phi) is 7.20. The summed E-state index contributed by atoms with van der Waals surface area (Å²) in [5, 5.41) is 0. The zero-order valence-electron chi connectivity index (χ0n) is 17.3. The predicted molar refractivity (Wildman–Crippen MR) is 113 cm³/mol. The SMILES string of the molecule is CCN(C[C@H]1CCCN(CCc2cccc(F)c2)C1)C(=O)c1ccc(=O)n(C)c1. The van der Waals surface area contributed by atoms with Gasteiger partial charge in [0.05, 0.1) is 5.56 Å². The number of aromatic nitrogens is 1. The normalized spacial score (nSPS) is 17.3. The van der Waals surface area contributed by atoms with E-state index < -0.39 is 0 Å². The van der Waals surface area contributed by atoms with Crippen molar-refractivity contribution in [1.29, 1.82) is 0 Å². The van der Waals surface area contributed by atoms with Gasteiger partial charge in [-0.1, -0.05) is 12.1 Å². The number of amides is 1. The maximum absolute atomic E-state index is 13.4. The van der Waals surface area contributed by atoms with Gasteiger partial charge >= 0.3 is 0 Å². The lowest BCUT2D eigenvalue weighted by Gasteiger charge is -2.35. The van der Waals surface area contributed by atoms with Crippen molar-refractivity contribution in [3.63, 3.8) is 0 Å². The molecule has 3 rings (SSSR count). The Labute approximate surface area is 171 Å². The van der Waals surface area contributed by atoms with Gasteiger partial charge in [0.15, 0.2) is 0 Å². The third-order valence-corrected chi connectivity index (χ3v) is 5.69. The molecule has 2 heterocycles. The van der Waals surface area contributed by atoms with Crippen molar-refractivity contribution in [2.24, 2.45) is 13.0 Å². The van der Waals surface area contributed by atoms with Crippen LogP contribution in [0.1, 0.15) is 35.7 Å². The van der Waals surface area contributed by atoms with E-state index in [4.69, 9.17) is 0 Å². The van der Waals surface area contributed by atoms with Crippen molar-refractivity contribution in [3.8, 4) is 0 Å². The van der Waals surface area contributed by atoms with Crippen LogP contribution < -0.4 is 5.56 Å². The molecule has 1 amide bonds. The van der Waals surface area contributed by atoms with Gasteiger partial charge in [0, 0.05) is 45.5 Å². The summed E-state index contributed by atoms with van der Waals surface area (Å²) >= 11 is 0. The highest BCUT2D eigenvalue weighted by molar-refractivity contribution is 5.93. The van der Waals surface area contributed by atoms with Gasteiger partial charge in [-0.3, -0.25) is 9.59 Å². The molecule has 0 saturated carbocycles. The monoisotopic (exact) mass is 399 g/mol. The van der Waals surface area contributed by atoms with Crippen LogP contribution in [-0.4, -0.2) is 53.0 Å².